The predicted molar refractivity (Wildman–Crippen MR) is 121 cm³/mol. The van der Waals surface area contributed by atoms with Crippen LogP contribution < -0.4 is 0 Å². The highest BCUT2D eigenvalue weighted by atomic mass is 19.1. The molecule has 0 aromatic heterocycles. The summed E-state index contributed by atoms with van der Waals surface area (Å²) in [7, 11) is 4.00. The molecule has 2 aromatic rings. The summed E-state index contributed by atoms with van der Waals surface area (Å²) in [6, 6.07) is 12.5. The van der Waals surface area contributed by atoms with Gasteiger partial charge in [0.2, 0.25) is 0 Å². The molecule has 0 atom stereocenters. The molecular weight excluding hydrogens is 392 g/mol. The van der Waals surface area contributed by atoms with Crippen LogP contribution >= 0.6 is 0 Å². The lowest BCUT2D eigenvalue weighted by Gasteiger charge is -2.18. The van der Waals surface area contributed by atoms with Gasteiger partial charge in [0.1, 0.15) is 37.2 Å². The fourth-order valence-electron chi connectivity index (χ4n) is 3.23. The zero-order valence-electron chi connectivity index (χ0n) is 17.3. The van der Waals surface area contributed by atoms with Crippen molar-refractivity contribution >= 4 is 17.0 Å². The van der Waals surface area contributed by atoms with Crippen molar-refractivity contribution in [3.63, 3.8) is 0 Å². The highest BCUT2D eigenvalue weighted by Crippen LogP contribution is 2.32. The summed E-state index contributed by atoms with van der Waals surface area (Å²) in [6.45, 7) is 0. The Balaban J connectivity index is 1.69. The summed E-state index contributed by atoms with van der Waals surface area (Å²) in [6.07, 6.45) is 15.8. The quantitative estimate of drug-likeness (QED) is 0.556. The lowest BCUT2D eigenvalue weighted by molar-refractivity contribution is -0.462. The number of ether oxygens (including phenoxy) is 1. The molecule has 0 spiro atoms. The second-order valence-electron chi connectivity index (χ2n) is 7.45. The lowest BCUT2D eigenvalue weighted by atomic mass is 10.00. The maximum atomic E-state index is 13.4. The van der Waals surface area contributed by atoms with Crippen molar-refractivity contribution < 1.29 is 18.1 Å². The summed E-state index contributed by atoms with van der Waals surface area (Å²) in [5.41, 5.74) is 4.67. The van der Waals surface area contributed by atoms with E-state index >= 15 is 0 Å². The summed E-state index contributed by atoms with van der Waals surface area (Å²) in [4.78, 5) is 0. The van der Waals surface area contributed by atoms with Crippen molar-refractivity contribution in [3.8, 4) is 0 Å². The van der Waals surface area contributed by atoms with Crippen molar-refractivity contribution in [2.24, 2.45) is 0 Å². The average molecular weight is 414 g/mol. The second-order valence-corrected chi connectivity index (χ2v) is 7.45. The molecule has 2 nitrogen and oxygen atoms in total. The Kier molecular flexibility index (Phi) is 5.89. The molecule has 0 saturated heterocycles. The van der Waals surface area contributed by atoms with E-state index in [-0.39, 0.29) is 11.6 Å². The number of rotatable bonds is 3. The molecule has 154 valence electrons. The van der Waals surface area contributed by atoms with Gasteiger partial charge in [-0.3, -0.25) is 0 Å². The van der Waals surface area contributed by atoms with Crippen molar-refractivity contribution in [1.82, 2.24) is 0 Å². The predicted octanol–water partition coefficient (Wildman–Crippen LogP) is 6.07. The van der Waals surface area contributed by atoms with Crippen molar-refractivity contribution in [2.75, 3.05) is 14.1 Å². The Hall–Kier alpha value is -3.79. The van der Waals surface area contributed by atoms with Gasteiger partial charge in [0, 0.05) is 17.7 Å². The molecule has 4 heteroatoms. The van der Waals surface area contributed by atoms with Crippen LogP contribution in [-0.4, -0.2) is 24.4 Å². The third-order valence-corrected chi connectivity index (χ3v) is 4.97. The Morgan fingerprint density at radius 3 is 1.87 bits per heavy atom. The van der Waals surface area contributed by atoms with E-state index in [0.717, 1.165) is 28.0 Å². The van der Waals surface area contributed by atoms with E-state index in [2.05, 4.69) is 12.2 Å². The van der Waals surface area contributed by atoms with Gasteiger partial charge in [-0.15, -0.1) is 0 Å². The SMILES string of the molecule is C[N+](C)=C1C=CC(=C/C=C2\C=C(c3ccc(F)cc3)C=C(c3ccc(F)cc3)O2)C=C1. The van der Waals surface area contributed by atoms with Gasteiger partial charge >= 0.3 is 0 Å². The summed E-state index contributed by atoms with van der Waals surface area (Å²) in [5, 5.41) is 0. The molecule has 2 aliphatic rings. The fourth-order valence-corrected chi connectivity index (χ4v) is 3.23. The van der Waals surface area contributed by atoms with Gasteiger partial charge in [-0.1, -0.05) is 18.2 Å². The molecule has 31 heavy (non-hydrogen) atoms. The van der Waals surface area contributed by atoms with E-state index in [9.17, 15) is 8.78 Å². The van der Waals surface area contributed by atoms with Gasteiger partial charge in [0.25, 0.3) is 0 Å². The van der Waals surface area contributed by atoms with Crippen LogP contribution in [0.5, 0.6) is 0 Å². The lowest BCUT2D eigenvalue weighted by Crippen LogP contribution is -2.09. The molecule has 0 unspecified atom stereocenters. The molecular formula is C27H22F2NO+. The minimum absolute atomic E-state index is 0.288. The Morgan fingerprint density at radius 2 is 1.29 bits per heavy atom. The number of hydrogen-bond acceptors (Lipinski definition) is 1. The first-order valence-electron chi connectivity index (χ1n) is 9.93. The average Bonchev–Trinajstić information content (AvgIpc) is 2.79. The summed E-state index contributed by atoms with van der Waals surface area (Å²) in [5.74, 6) is 0.645. The highest BCUT2D eigenvalue weighted by molar-refractivity contribution is 6.02. The molecule has 0 amide bonds. The molecule has 1 heterocycles. The molecule has 0 bridgehead atoms. The largest absolute Gasteiger partial charge is 0.457 e. The minimum Gasteiger partial charge on any atom is -0.457 e. The van der Waals surface area contributed by atoms with Gasteiger partial charge in [0.05, 0.1) is 0 Å². The molecule has 0 saturated carbocycles. The normalized spacial score (nSPS) is 16.7. The molecule has 2 aromatic carbocycles. The Labute approximate surface area is 180 Å². The number of halogens is 2. The third-order valence-electron chi connectivity index (χ3n) is 4.97. The maximum absolute atomic E-state index is 13.4. The van der Waals surface area contributed by atoms with Crippen LogP contribution in [0.15, 0.2) is 108 Å². The van der Waals surface area contributed by atoms with Gasteiger partial charge < -0.3 is 4.74 Å². The first-order chi connectivity index (χ1) is 15.0. The van der Waals surface area contributed by atoms with Crippen LogP contribution in [0.2, 0.25) is 0 Å². The van der Waals surface area contributed by atoms with E-state index in [4.69, 9.17) is 4.74 Å². The van der Waals surface area contributed by atoms with Gasteiger partial charge in [-0.25, -0.2) is 13.4 Å². The minimum atomic E-state index is -0.306. The molecule has 0 N–H and O–H groups in total. The number of hydrogen-bond donors (Lipinski definition) is 0. The maximum Gasteiger partial charge on any atom is 0.199 e. The van der Waals surface area contributed by atoms with E-state index in [1.54, 1.807) is 24.3 Å². The topological polar surface area (TPSA) is 12.2 Å². The number of allylic oxidation sites excluding steroid dienone is 10. The van der Waals surface area contributed by atoms with E-state index in [1.165, 1.54) is 24.3 Å². The first-order valence-corrected chi connectivity index (χ1v) is 9.93. The number of nitrogens with zero attached hydrogens (tertiary/aromatic N) is 1. The van der Waals surface area contributed by atoms with Crippen molar-refractivity contribution in [1.29, 1.82) is 0 Å². The second kappa shape index (κ2) is 8.92. The van der Waals surface area contributed by atoms with Crippen LogP contribution in [0, 0.1) is 11.6 Å². The smallest absolute Gasteiger partial charge is 0.199 e. The first kappa shape index (κ1) is 20.5. The highest BCUT2D eigenvalue weighted by Gasteiger charge is 2.14. The molecule has 0 radical (unpaired) electrons. The fraction of sp³-hybridized carbons (Fsp3) is 0.0741. The molecule has 0 fully saturated rings. The summed E-state index contributed by atoms with van der Waals surface area (Å²) < 4.78 is 34.9. The Morgan fingerprint density at radius 1 is 0.710 bits per heavy atom. The Bertz CT molecular complexity index is 1180. The zero-order chi connectivity index (χ0) is 21.8. The summed E-state index contributed by atoms with van der Waals surface area (Å²) >= 11 is 0. The van der Waals surface area contributed by atoms with E-state index in [0.29, 0.717) is 11.5 Å². The van der Waals surface area contributed by atoms with Crippen molar-refractivity contribution in [2.45, 2.75) is 0 Å². The van der Waals surface area contributed by atoms with Gasteiger partial charge in [-0.2, -0.15) is 0 Å². The van der Waals surface area contributed by atoms with E-state index in [1.807, 2.05) is 55.1 Å². The third kappa shape index (κ3) is 5.04. The van der Waals surface area contributed by atoms with E-state index < -0.39 is 0 Å². The van der Waals surface area contributed by atoms with Crippen LogP contribution in [0.25, 0.3) is 11.3 Å². The van der Waals surface area contributed by atoms with Crippen molar-refractivity contribution in [3.05, 3.63) is 131 Å². The van der Waals surface area contributed by atoms with Crippen LogP contribution in [0.1, 0.15) is 11.1 Å². The molecule has 1 aliphatic heterocycles. The molecule has 4 rings (SSSR count). The van der Waals surface area contributed by atoms with Gasteiger partial charge in [0.15, 0.2) is 5.71 Å². The molecule has 1 aliphatic carbocycles. The van der Waals surface area contributed by atoms with Crippen LogP contribution in [-0.2, 0) is 4.74 Å². The van der Waals surface area contributed by atoms with Crippen LogP contribution in [0.4, 0.5) is 8.78 Å². The monoisotopic (exact) mass is 414 g/mol. The van der Waals surface area contributed by atoms with Gasteiger partial charge in [-0.05, 0) is 83.5 Å². The standard InChI is InChI=1S/C27H22F2NO/c1-30(2)25-14-3-19(4-15-25)5-16-26-17-22(20-6-10-23(28)11-7-20)18-27(31-26)21-8-12-24(29)13-9-21/h3-18H,1-2H3/q+1/b26-16+. The zero-order valence-corrected chi connectivity index (χ0v) is 17.3. The number of benzene rings is 2. The van der Waals surface area contributed by atoms with Crippen LogP contribution in [0.3, 0.4) is 0 Å².